The molecule has 4 aromatic carbocycles. The second-order valence-electron chi connectivity index (χ2n) is 25.8. The summed E-state index contributed by atoms with van der Waals surface area (Å²) < 4.78 is 5.50. The van der Waals surface area contributed by atoms with Gasteiger partial charge in [0, 0.05) is 44.2 Å². The van der Waals surface area contributed by atoms with Crippen LogP contribution in [0.25, 0.3) is 0 Å². The molecule has 22 nitrogen and oxygen atoms in total. The molecular weight excluding hydrogens is 1200 g/mol. The van der Waals surface area contributed by atoms with Crippen LogP contribution in [0.15, 0.2) is 121 Å². The number of unbranched alkanes of at least 4 members (excludes halogenated alkanes) is 5. The van der Waals surface area contributed by atoms with Gasteiger partial charge in [0.15, 0.2) is 0 Å². The van der Waals surface area contributed by atoms with Crippen molar-refractivity contribution in [3.05, 3.63) is 144 Å². The maximum absolute atomic E-state index is 14.8. The van der Waals surface area contributed by atoms with E-state index in [1.807, 2.05) is 111 Å². The Bertz CT molecular complexity index is 3060. The number of nitrogens with one attached hydrogen (secondary N) is 10. The Morgan fingerprint density at radius 3 is 1.44 bits per heavy atom. The smallest absolute Gasteiger partial charge is 0.247 e. The van der Waals surface area contributed by atoms with Crippen LogP contribution in [0.5, 0.6) is 0 Å². The molecule has 10 N–H and O–H groups in total. The quantitative estimate of drug-likeness (QED) is 0.0265. The molecular formula is C73H102N12O10. The van der Waals surface area contributed by atoms with Crippen molar-refractivity contribution < 1.29 is 47.9 Å². The number of carbonyl (C=O) groups excluding carboxylic acids is 9. The van der Waals surface area contributed by atoms with Crippen LogP contribution in [0.3, 0.4) is 0 Å². The Morgan fingerprint density at radius 2 is 0.926 bits per heavy atom. The highest BCUT2D eigenvalue weighted by atomic mass is 16.5. The van der Waals surface area contributed by atoms with Crippen LogP contribution in [-0.4, -0.2) is 165 Å². The molecule has 4 fully saturated rings. The Morgan fingerprint density at radius 1 is 0.484 bits per heavy atom. The summed E-state index contributed by atoms with van der Waals surface area (Å²) in [6.45, 7) is 5.32. The molecule has 4 aliphatic heterocycles. The summed E-state index contributed by atoms with van der Waals surface area (Å²) in [5, 5.41) is 30.7. The minimum absolute atomic E-state index is 0.0658. The van der Waals surface area contributed by atoms with Gasteiger partial charge >= 0.3 is 0 Å². The third-order valence-electron chi connectivity index (χ3n) is 19.4. The molecule has 0 saturated carbocycles. The predicted molar refractivity (Wildman–Crippen MR) is 363 cm³/mol. The zero-order chi connectivity index (χ0) is 67.5. The van der Waals surface area contributed by atoms with Gasteiger partial charge in [0.25, 0.3) is 0 Å². The molecule has 95 heavy (non-hydrogen) atoms. The minimum Gasteiger partial charge on any atom is -0.362 e. The number of benzene rings is 4. The molecule has 0 aliphatic carbocycles. The first kappa shape index (κ1) is 72.8. The number of likely N-dealkylation sites (N-methyl/N-ethyl adjacent to an activating group) is 2. The fourth-order valence-electron chi connectivity index (χ4n) is 14.1. The number of fused-ring (bicyclic) bond motifs is 2. The van der Waals surface area contributed by atoms with Gasteiger partial charge in [0.2, 0.25) is 53.2 Å². The Hall–Kier alpha value is -8.05. The number of rotatable bonds is 36. The minimum atomic E-state index is -1.01. The number of ether oxygens (including phenoxy) is 1. The van der Waals surface area contributed by atoms with E-state index in [0.29, 0.717) is 102 Å². The molecule has 22 heteroatoms. The standard InChI is InChI=1S/C73H102N12O10/c1-5-57(74-3)67(88)82-65-53(41-44-76-45-49-25-15-11-16-26-49)33-35-55-37-40-60(84(55)72(65)93)70(91)81-64(52-31-21-14-22-32-52)71(92)78-43-24-10-8-7-9-23-42-77-61(86)47-95-48-62(87)79-46-54-34-36-56-38-39-59(85(56)73(94)66(54)83-68(89)58(6-2)75-4)69(90)80-63(50-27-17-12-18-28-50)51-29-19-13-20-30-51/h11-22,25-32,53-60,63-66,74-76H,5-10,23-24,33-48H2,1-4H3,(H,77,86)(H,78,92)(H,79,87)(H,80,90)(H,81,91)(H,82,88)(H,83,89)/t53-,54-,55+,56+,57+,58+,59+,60+,64+,65+,66+/m1/s1. The number of carbonyl (C=O) groups is 9. The summed E-state index contributed by atoms with van der Waals surface area (Å²) in [5.74, 6) is -3.70. The highest BCUT2D eigenvalue weighted by molar-refractivity contribution is 5.97. The number of nitrogens with zero attached hydrogens (tertiary/aromatic N) is 2. The molecule has 11 atom stereocenters. The Kier molecular flexibility index (Phi) is 29.0. The van der Waals surface area contributed by atoms with E-state index in [4.69, 9.17) is 4.74 Å². The van der Waals surface area contributed by atoms with E-state index < -0.39 is 66.1 Å². The zero-order valence-corrected chi connectivity index (χ0v) is 55.9. The lowest BCUT2D eigenvalue weighted by Crippen LogP contribution is -2.59. The van der Waals surface area contributed by atoms with Crippen LogP contribution in [0.1, 0.15) is 157 Å². The first-order valence-corrected chi connectivity index (χ1v) is 34.7. The van der Waals surface area contributed by atoms with Gasteiger partial charge in [-0.2, -0.15) is 0 Å². The van der Waals surface area contributed by atoms with Gasteiger partial charge in [-0.05, 0) is 132 Å². The largest absolute Gasteiger partial charge is 0.362 e. The van der Waals surface area contributed by atoms with E-state index in [9.17, 15) is 43.2 Å². The fourth-order valence-corrected chi connectivity index (χ4v) is 14.1. The molecule has 4 aliphatic rings. The molecule has 9 amide bonds. The van der Waals surface area contributed by atoms with Gasteiger partial charge in [0.1, 0.15) is 43.4 Å². The first-order valence-electron chi connectivity index (χ1n) is 34.7. The molecule has 0 radical (unpaired) electrons. The fraction of sp³-hybridized carbons (Fsp3) is 0.548. The lowest BCUT2D eigenvalue weighted by atomic mass is 9.90. The van der Waals surface area contributed by atoms with E-state index in [0.717, 1.165) is 55.2 Å². The van der Waals surface area contributed by atoms with Gasteiger partial charge in [-0.15, -0.1) is 0 Å². The van der Waals surface area contributed by atoms with Gasteiger partial charge in [0.05, 0.1) is 18.1 Å². The average Bonchev–Trinajstić information content (AvgIpc) is 1.67. The van der Waals surface area contributed by atoms with Gasteiger partial charge < -0.3 is 67.7 Å². The lowest BCUT2D eigenvalue weighted by molar-refractivity contribution is -0.144. The van der Waals surface area contributed by atoms with E-state index >= 15 is 0 Å². The Balaban J connectivity index is 0.733. The summed E-state index contributed by atoms with van der Waals surface area (Å²) >= 11 is 0. The first-order chi connectivity index (χ1) is 46.2. The van der Waals surface area contributed by atoms with Crippen molar-refractivity contribution in [2.24, 2.45) is 11.8 Å². The van der Waals surface area contributed by atoms with E-state index in [-0.39, 0.29) is 79.1 Å². The second kappa shape index (κ2) is 37.9. The average molecular weight is 1310 g/mol. The van der Waals surface area contributed by atoms with Crippen molar-refractivity contribution in [3.63, 3.8) is 0 Å². The van der Waals surface area contributed by atoms with E-state index in [1.54, 1.807) is 36.0 Å². The van der Waals surface area contributed by atoms with Crippen LogP contribution >= 0.6 is 0 Å². The molecule has 0 aromatic heterocycles. The maximum atomic E-state index is 14.8. The summed E-state index contributed by atoms with van der Waals surface area (Å²) in [6.07, 6.45) is 11.4. The molecule has 8 rings (SSSR count). The summed E-state index contributed by atoms with van der Waals surface area (Å²) in [5.41, 5.74) is 3.59. The van der Waals surface area contributed by atoms with Crippen molar-refractivity contribution in [2.45, 2.75) is 190 Å². The van der Waals surface area contributed by atoms with Crippen molar-refractivity contribution in [1.29, 1.82) is 0 Å². The molecule has 514 valence electrons. The van der Waals surface area contributed by atoms with Gasteiger partial charge in [-0.3, -0.25) is 43.2 Å². The second-order valence-corrected chi connectivity index (χ2v) is 25.8. The third kappa shape index (κ3) is 20.7. The summed E-state index contributed by atoms with van der Waals surface area (Å²) in [7, 11) is 3.41. The van der Waals surface area contributed by atoms with Crippen LogP contribution in [0.4, 0.5) is 0 Å². The molecule has 0 bridgehead atoms. The molecule has 0 spiro atoms. The third-order valence-corrected chi connectivity index (χ3v) is 19.4. The van der Waals surface area contributed by atoms with Gasteiger partial charge in [-0.1, -0.05) is 161 Å². The molecule has 0 unspecified atom stereocenters. The molecule has 4 aromatic rings. The molecule has 4 heterocycles. The number of hydrogen-bond donors (Lipinski definition) is 10. The van der Waals surface area contributed by atoms with Crippen molar-refractivity contribution in [2.75, 3.05) is 53.5 Å². The highest BCUT2D eigenvalue weighted by Gasteiger charge is 2.50. The summed E-state index contributed by atoms with van der Waals surface area (Å²) in [6, 6.07) is 32.3. The van der Waals surface area contributed by atoms with Gasteiger partial charge in [-0.25, -0.2) is 0 Å². The zero-order valence-electron chi connectivity index (χ0n) is 55.9. The number of amides is 9. The topological polar surface area (TPSA) is 290 Å². The lowest BCUT2D eigenvalue weighted by Gasteiger charge is -2.33. The normalized spacial score (nSPS) is 21.8. The molecule has 4 saturated heterocycles. The van der Waals surface area contributed by atoms with Crippen LogP contribution < -0.4 is 53.2 Å². The SMILES string of the molecule is CC[C@H](NC)C(=O)N[C@@H]1C(=O)N2[C@@H](CC[C@@H]1CNC(=O)COCC(=O)NCCCCCCCCNC(=O)[C@@H](NC(=O)[C@@H]1CC[C@@H]3CC[C@H](CCNCc4ccccc4)[C@H](NC(=O)[C@H](CC)NC)C(=O)N31)c1ccccc1)CC[C@H]2C(=O)NC(c1ccccc1)c1ccccc1. The Labute approximate surface area is 560 Å². The van der Waals surface area contributed by atoms with E-state index in [1.165, 1.54) is 0 Å². The summed E-state index contributed by atoms with van der Waals surface area (Å²) in [4.78, 5) is 129. The highest BCUT2D eigenvalue weighted by Crippen LogP contribution is 2.37. The van der Waals surface area contributed by atoms with E-state index in [2.05, 4.69) is 65.3 Å². The maximum Gasteiger partial charge on any atom is 0.247 e. The van der Waals surface area contributed by atoms with Crippen LogP contribution in [0, 0.1) is 11.8 Å². The number of hydrogen-bond acceptors (Lipinski definition) is 13. The van der Waals surface area contributed by atoms with Crippen molar-refractivity contribution >= 4 is 53.2 Å². The van der Waals surface area contributed by atoms with Crippen LogP contribution in [0.2, 0.25) is 0 Å². The monoisotopic (exact) mass is 1310 g/mol. The predicted octanol–water partition coefficient (Wildman–Crippen LogP) is 5.14. The van der Waals surface area contributed by atoms with Crippen LogP contribution in [-0.2, 0) is 54.4 Å². The van der Waals surface area contributed by atoms with Crippen molar-refractivity contribution in [3.8, 4) is 0 Å². The van der Waals surface area contributed by atoms with Crippen molar-refractivity contribution in [1.82, 2.24) is 63.0 Å².